The zero-order valence-corrected chi connectivity index (χ0v) is 20.5. The van der Waals surface area contributed by atoms with E-state index >= 15 is 0 Å². The van der Waals surface area contributed by atoms with Crippen molar-refractivity contribution in [3.63, 3.8) is 0 Å². The molecule has 0 aliphatic heterocycles. The van der Waals surface area contributed by atoms with Gasteiger partial charge in [-0.05, 0) is 60.2 Å². The van der Waals surface area contributed by atoms with E-state index in [-0.39, 0.29) is 18.9 Å². The van der Waals surface area contributed by atoms with E-state index in [1.807, 2.05) is 48.5 Å². The topological polar surface area (TPSA) is 92.7 Å². The fraction of sp³-hybridized carbons (Fsp3) is 0.174. The lowest BCUT2D eigenvalue weighted by Gasteiger charge is -2.17. The lowest BCUT2D eigenvalue weighted by atomic mass is 9.98. The lowest BCUT2D eigenvalue weighted by Crippen LogP contribution is -2.42. The van der Waals surface area contributed by atoms with E-state index < -0.39 is 23.9 Å². The Labute approximate surface area is 204 Å². The molecule has 1 aromatic heterocycles. The van der Waals surface area contributed by atoms with Crippen molar-refractivity contribution in [3.8, 4) is 11.1 Å². The van der Waals surface area contributed by atoms with Crippen LogP contribution in [0.25, 0.3) is 11.1 Å². The number of hydrogen-bond acceptors (Lipinski definition) is 5. The monoisotopic (exact) mass is 577 g/mol. The number of alkyl carbamates (subject to hydrolysis) is 1. The first-order chi connectivity index (χ1) is 15.3. The number of ketones is 1. The Bertz CT molecular complexity index is 1160. The number of Topliss-reactive ketones (excluding diaryl/α,β-unsaturated/α-hetero) is 1. The first-order valence-electron chi connectivity index (χ1n) is 9.67. The molecule has 0 radical (unpaired) electrons. The maximum atomic E-state index is 12.5. The number of aliphatic carboxylic acids is 1. The molecule has 6 nitrogen and oxygen atoms in total. The van der Waals surface area contributed by atoms with Gasteiger partial charge in [-0.2, -0.15) is 0 Å². The Morgan fingerprint density at radius 3 is 2.16 bits per heavy atom. The predicted octanol–water partition coefficient (Wildman–Crippen LogP) is 5.84. The van der Waals surface area contributed by atoms with Crippen molar-refractivity contribution in [1.29, 1.82) is 0 Å². The average Bonchev–Trinajstić information content (AvgIpc) is 3.28. The summed E-state index contributed by atoms with van der Waals surface area (Å²) in [5, 5.41) is 11.8. The number of thiophene rings is 1. The van der Waals surface area contributed by atoms with Gasteiger partial charge in [0.1, 0.15) is 12.6 Å². The molecule has 164 valence electrons. The number of hydrogen-bond donors (Lipinski definition) is 2. The zero-order valence-electron chi connectivity index (χ0n) is 16.5. The standard InChI is InChI=1S/C23H17Br2NO5S/c24-20-9-16(21(25)32-20)19(27)10-18(22(28)29)26-23(30)31-11-17-14-7-3-1-5-12(14)13-6-2-4-8-15(13)17/h1-9,17-18H,10-11H2,(H,26,30)(H,28,29). The second kappa shape index (κ2) is 9.56. The van der Waals surface area contributed by atoms with E-state index in [1.54, 1.807) is 6.07 Å². The van der Waals surface area contributed by atoms with Gasteiger partial charge in [-0.3, -0.25) is 4.79 Å². The number of fused-ring (bicyclic) bond motifs is 3. The van der Waals surface area contributed by atoms with Crippen LogP contribution < -0.4 is 5.32 Å². The Morgan fingerprint density at radius 2 is 1.62 bits per heavy atom. The number of amides is 1. The Hall–Kier alpha value is -2.49. The van der Waals surface area contributed by atoms with E-state index in [0.29, 0.717) is 9.35 Å². The molecule has 9 heteroatoms. The van der Waals surface area contributed by atoms with Crippen LogP contribution in [0.4, 0.5) is 4.79 Å². The number of rotatable bonds is 7. The van der Waals surface area contributed by atoms with E-state index in [9.17, 15) is 19.5 Å². The van der Waals surface area contributed by atoms with Crippen LogP contribution in [-0.2, 0) is 9.53 Å². The predicted molar refractivity (Wildman–Crippen MR) is 128 cm³/mol. The molecule has 0 spiro atoms. The second-order valence-corrected chi connectivity index (χ2v) is 11.0. The van der Waals surface area contributed by atoms with E-state index in [4.69, 9.17) is 4.74 Å². The van der Waals surface area contributed by atoms with Crippen molar-refractivity contribution in [2.24, 2.45) is 0 Å². The fourth-order valence-corrected chi connectivity index (χ4v) is 6.66. The normalized spacial score (nSPS) is 13.2. The van der Waals surface area contributed by atoms with Gasteiger partial charge in [0.2, 0.25) is 0 Å². The molecule has 4 rings (SSSR count). The first kappa shape index (κ1) is 22.7. The lowest BCUT2D eigenvalue weighted by molar-refractivity contribution is -0.139. The minimum absolute atomic E-state index is 0.0587. The molecule has 0 bridgehead atoms. The highest BCUT2D eigenvalue weighted by molar-refractivity contribution is 9.12. The third kappa shape index (κ3) is 4.65. The molecule has 0 fully saturated rings. The summed E-state index contributed by atoms with van der Waals surface area (Å²) < 4.78 is 6.73. The molecular weight excluding hydrogens is 562 g/mol. The first-order valence-corrected chi connectivity index (χ1v) is 12.1. The van der Waals surface area contributed by atoms with E-state index in [2.05, 4.69) is 37.2 Å². The second-order valence-electron chi connectivity index (χ2n) is 7.23. The van der Waals surface area contributed by atoms with Crippen molar-refractivity contribution in [1.82, 2.24) is 5.32 Å². The minimum Gasteiger partial charge on any atom is -0.480 e. The van der Waals surface area contributed by atoms with Gasteiger partial charge in [0.05, 0.1) is 7.57 Å². The third-order valence-corrected chi connectivity index (χ3v) is 7.62. The van der Waals surface area contributed by atoms with Gasteiger partial charge in [-0.1, -0.05) is 48.5 Å². The quantitative estimate of drug-likeness (QED) is 0.344. The van der Waals surface area contributed by atoms with Crippen LogP contribution in [0.3, 0.4) is 0 Å². The molecule has 0 saturated carbocycles. The van der Waals surface area contributed by atoms with Gasteiger partial charge in [0, 0.05) is 17.9 Å². The third-order valence-electron chi connectivity index (χ3n) is 5.28. The number of carbonyl (C=O) groups excluding carboxylic acids is 2. The summed E-state index contributed by atoms with van der Waals surface area (Å²) in [5.41, 5.74) is 4.67. The van der Waals surface area contributed by atoms with Gasteiger partial charge in [0.15, 0.2) is 5.78 Å². The molecule has 0 saturated heterocycles. The molecular formula is C23H17Br2NO5S. The summed E-state index contributed by atoms with van der Waals surface area (Å²) in [5.74, 6) is -1.85. The Kier molecular flexibility index (Phi) is 6.78. The summed E-state index contributed by atoms with van der Waals surface area (Å²) in [4.78, 5) is 36.6. The molecule has 1 unspecified atom stereocenters. The van der Waals surface area contributed by atoms with Crippen LogP contribution in [0.1, 0.15) is 33.8 Å². The minimum atomic E-state index is -1.40. The fourth-order valence-electron chi connectivity index (χ4n) is 3.81. The van der Waals surface area contributed by atoms with Crippen molar-refractivity contribution < 1.29 is 24.2 Å². The molecule has 1 aliphatic rings. The SMILES string of the molecule is O=C(NC(CC(=O)c1cc(Br)sc1Br)C(=O)O)OCC1c2ccccc2-c2ccccc21. The molecule has 2 aromatic carbocycles. The summed E-state index contributed by atoms with van der Waals surface area (Å²) in [7, 11) is 0. The summed E-state index contributed by atoms with van der Waals surface area (Å²) in [6.07, 6.45) is -1.26. The summed E-state index contributed by atoms with van der Waals surface area (Å²) in [6, 6.07) is 16.1. The van der Waals surface area contributed by atoms with Crippen molar-refractivity contribution in [2.75, 3.05) is 6.61 Å². The Morgan fingerprint density at radius 1 is 1.03 bits per heavy atom. The van der Waals surface area contributed by atoms with Gasteiger partial charge in [0.25, 0.3) is 0 Å². The number of halogens is 2. The number of ether oxygens (including phenoxy) is 1. The number of benzene rings is 2. The highest BCUT2D eigenvalue weighted by Crippen LogP contribution is 2.44. The number of carboxylic acids is 1. The molecule has 3 aromatic rings. The average molecular weight is 579 g/mol. The highest BCUT2D eigenvalue weighted by atomic mass is 79.9. The highest BCUT2D eigenvalue weighted by Gasteiger charge is 2.30. The van der Waals surface area contributed by atoms with Crippen molar-refractivity contribution in [2.45, 2.75) is 18.4 Å². The van der Waals surface area contributed by atoms with Gasteiger partial charge >= 0.3 is 12.1 Å². The summed E-state index contributed by atoms with van der Waals surface area (Å²) >= 11 is 7.90. The molecule has 32 heavy (non-hydrogen) atoms. The van der Waals surface area contributed by atoms with Crippen molar-refractivity contribution >= 4 is 61.0 Å². The van der Waals surface area contributed by atoms with Crippen LogP contribution in [0.15, 0.2) is 62.2 Å². The number of nitrogens with one attached hydrogen (secondary N) is 1. The van der Waals surface area contributed by atoms with Crippen LogP contribution in [0, 0.1) is 0 Å². The van der Waals surface area contributed by atoms with E-state index in [1.165, 1.54) is 11.3 Å². The molecule has 1 aliphatic carbocycles. The van der Waals surface area contributed by atoms with Gasteiger partial charge in [-0.25, -0.2) is 9.59 Å². The summed E-state index contributed by atoms with van der Waals surface area (Å²) in [6.45, 7) is 0.0587. The zero-order chi connectivity index (χ0) is 22.8. The number of carbonyl (C=O) groups is 3. The largest absolute Gasteiger partial charge is 0.480 e. The molecule has 1 atom stereocenters. The Balaban J connectivity index is 1.42. The van der Waals surface area contributed by atoms with Crippen LogP contribution in [-0.4, -0.2) is 35.6 Å². The maximum absolute atomic E-state index is 12.5. The van der Waals surface area contributed by atoms with Gasteiger partial charge < -0.3 is 15.2 Å². The van der Waals surface area contributed by atoms with Crippen LogP contribution >= 0.6 is 43.2 Å². The smallest absolute Gasteiger partial charge is 0.407 e. The van der Waals surface area contributed by atoms with E-state index in [0.717, 1.165) is 26.0 Å². The van der Waals surface area contributed by atoms with Crippen LogP contribution in [0.2, 0.25) is 0 Å². The molecule has 2 N–H and O–H groups in total. The molecule has 1 heterocycles. The maximum Gasteiger partial charge on any atom is 0.407 e. The molecule has 1 amide bonds. The van der Waals surface area contributed by atoms with Gasteiger partial charge in [-0.15, -0.1) is 11.3 Å². The van der Waals surface area contributed by atoms with Crippen LogP contribution in [0.5, 0.6) is 0 Å². The number of carboxylic acid groups (broad SMARTS) is 1. The van der Waals surface area contributed by atoms with Crippen molar-refractivity contribution in [3.05, 3.63) is 78.9 Å².